The Morgan fingerprint density at radius 1 is 1.00 bits per heavy atom. The quantitative estimate of drug-likeness (QED) is 0.896. The number of nitrogens with one attached hydrogen (secondary N) is 1. The van der Waals surface area contributed by atoms with Crippen LogP contribution in [-0.4, -0.2) is 53.8 Å². The summed E-state index contributed by atoms with van der Waals surface area (Å²) in [5, 5.41) is 2.97. The van der Waals surface area contributed by atoms with Gasteiger partial charge in [-0.3, -0.25) is 14.5 Å². The van der Waals surface area contributed by atoms with Crippen LogP contribution in [0.15, 0.2) is 30.3 Å². The maximum absolute atomic E-state index is 12.7. The van der Waals surface area contributed by atoms with Crippen molar-refractivity contribution in [3.8, 4) is 0 Å². The summed E-state index contributed by atoms with van der Waals surface area (Å²) >= 11 is 0. The Balaban J connectivity index is 1.53. The number of nitrogens with zero attached hydrogens (tertiary/aromatic N) is 2. The van der Waals surface area contributed by atoms with Crippen molar-refractivity contribution in [2.75, 3.05) is 26.2 Å². The number of rotatable bonds is 5. The zero-order valence-corrected chi connectivity index (χ0v) is 14.2. The molecule has 2 aliphatic rings. The van der Waals surface area contributed by atoms with Gasteiger partial charge in [0.2, 0.25) is 11.8 Å². The second-order valence-corrected chi connectivity index (χ2v) is 6.78. The molecular formula is C19H27N3O2. The van der Waals surface area contributed by atoms with Gasteiger partial charge in [-0.1, -0.05) is 36.8 Å². The first-order chi connectivity index (χ1) is 11.7. The third kappa shape index (κ3) is 4.35. The van der Waals surface area contributed by atoms with E-state index in [9.17, 15) is 9.59 Å². The van der Waals surface area contributed by atoms with Crippen molar-refractivity contribution in [3.63, 3.8) is 0 Å². The molecule has 2 heterocycles. The van der Waals surface area contributed by atoms with Gasteiger partial charge in [0.05, 0.1) is 12.6 Å². The number of benzene rings is 1. The number of carbonyl (C=O) groups is 2. The topological polar surface area (TPSA) is 52.7 Å². The first kappa shape index (κ1) is 17.0. The van der Waals surface area contributed by atoms with E-state index >= 15 is 0 Å². The van der Waals surface area contributed by atoms with Crippen molar-refractivity contribution in [2.24, 2.45) is 0 Å². The Hall–Kier alpha value is -1.88. The molecule has 2 amide bonds. The van der Waals surface area contributed by atoms with Crippen molar-refractivity contribution in [1.29, 1.82) is 0 Å². The van der Waals surface area contributed by atoms with Gasteiger partial charge in [0.25, 0.3) is 0 Å². The van der Waals surface area contributed by atoms with Crippen molar-refractivity contribution in [1.82, 2.24) is 15.1 Å². The summed E-state index contributed by atoms with van der Waals surface area (Å²) in [6.45, 7) is 3.45. The van der Waals surface area contributed by atoms with Gasteiger partial charge in [-0.05, 0) is 37.8 Å². The number of hydrogen-bond donors (Lipinski definition) is 1. The predicted molar refractivity (Wildman–Crippen MR) is 93.3 cm³/mol. The first-order valence-electron chi connectivity index (χ1n) is 9.07. The van der Waals surface area contributed by atoms with E-state index in [1.807, 2.05) is 35.2 Å². The van der Waals surface area contributed by atoms with Crippen molar-refractivity contribution >= 4 is 11.8 Å². The molecule has 1 aromatic carbocycles. The molecular weight excluding hydrogens is 302 g/mol. The monoisotopic (exact) mass is 329 g/mol. The lowest BCUT2D eigenvalue weighted by molar-refractivity contribution is -0.138. The molecule has 0 radical (unpaired) electrons. The van der Waals surface area contributed by atoms with E-state index in [0.717, 1.165) is 57.3 Å². The number of likely N-dealkylation sites (tertiary alicyclic amines) is 2. The standard InChI is InChI=1S/C19H27N3O2/c23-18(20-14-16-8-2-1-3-9-16)15-22-13-5-4-10-17(22)19(24)21-11-6-7-12-21/h1-3,8-9,17H,4-7,10-15H2,(H,20,23). The Bertz CT molecular complexity index is 555. The van der Waals surface area contributed by atoms with Crippen LogP contribution in [0.25, 0.3) is 0 Å². The molecule has 0 spiro atoms. The summed E-state index contributed by atoms with van der Waals surface area (Å²) in [5.74, 6) is 0.225. The summed E-state index contributed by atoms with van der Waals surface area (Å²) in [5.41, 5.74) is 1.09. The van der Waals surface area contributed by atoms with Crippen LogP contribution in [0.5, 0.6) is 0 Å². The van der Waals surface area contributed by atoms with Crippen LogP contribution in [-0.2, 0) is 16.1 Å². The minimum absolute atomic E-state index is 0.0000231. The van der Waals surface area contributed by atoms with Crippen LogP contribution in [0.4, 0.5) is 0 Å². The van der Waals surface area contributed by atoms with E-state index in [0.29, 0.717) is 13.1 Å². The minimum atomic E-state index is -0.112. The number of amides is 2. The van der Waals surface area contributed by atoms with Crippen LogP contribution < -0.4 is 5.32 Å². The van der Waals surface area contributed by atoms with E-state index < -0.39 is 0 Å². The molecule has 1 N–H and O–H groups in total. The average molecular weight is 329 g/mol. The van der Waals surface area contributed by atoms with Crippen LogP contribution in [0, 0.1) is 0 Å². The predicted octanol–water partition coefficient (Wildman–Crippen LogP) is 1.78. The molecule has 0 aliphatic carbocycles. The van der Waals surface area contributed by atoms with Crippen LogP contribution in [0.1, 0.15) is 37.7 Å². The fraction of sp³-hybridized carbons (Fsp3) is 0.579. The lowest BCUT2D eigenvalue weighted by Crippen LogP contribution is -2.52. The molecule has 1 unspecified atom stereocenters. The normalized spacial score (nSPS) is 21.7. The molecule has 0 saturated carbocycles. The highest BCUT2D eigenvalue weighted by Gasteiger charge is 2.33. The third-order valence-corrected chi connectivity index (χ3v) is 5.00. The Labute approximate surface area is 144 Å². The molecule has 24 heavy (non-hydrogen) atoms. The SMILES string of the molecule is O=C(CN1CCCCC1C(=O)N1CCCC1)NCc1ccccc1. The van der Waals surface area contributed by atoms with Gasteiger partial charge in [0.1, 0.15) is 0 Å². The van der Waals surface area contributed by atoms with E-state index in [4.69, 9.17) is 0 Å². The number of hydrogen-bond acceptors (Lipinski definition) is 3. The molecule has 5 nitrogen and oxygen atoms in total. The lowest BCUT2D eigenvalue weighted by Gasteiger charge is -2.36. The summed E-state index contributed by atoms with van der Waals surface area (Å²) in [6.07, 6.45) is 5.23. The molecule has 1 atom stereocenters. The summed E-state index contributed by atoms with van der Waals surface area (Å²) in [6, 6.07) is 9.79. The molecule has 5 heteroatoms. The summed E-state index contributed by atoms with van der Waals surface area (Å²) in [7, 11) is 0. The molecule has 2 fully saturated rings. The molecule has 0 bridgehead atoms. The van der Waals surface area contributed by atoms with Gasteiger partial charge < -0.3 is 10.2 Å². The zero-order chi connectivity index (χ0) is 16.8. The van der Waals surface area contributed by atoms with Crippen LogP contribution in [0.2, 0.25) is 0 Å². The van der Waals surface area contributed by atoms with Gasteiger partial charge in [-0.25, -0.2) is 0 Å². The van der Waals surface area contributed by atoms with Gasteiger partial charge in [-0.15, -0.1) is 0 Å². The second kappa shape index (κ2) is 8.29. The largest absolute Gasteiger partial charge is 0.351 e. The van der Waals surface area contributed by atoms with E-state index in [1.165, 1.54) is 0 Å². The van der Waals surface area contributed by atoms with E-state index in [1.54, 1.807) is 0 Å². The fourth-order valence-corrected chi connectivity index (χ4v) is 3.65. The van der Waals surface area contributed by atoms with Crippen LogP contribution >= 0.6 is 0 Å². The van der Waals surface area contributed by atoms with Gasteiger partial charge in [0, 0.05) is 19.6 Å². The van der Waals surface area contributed by atoms with Crippen molar-refractivity contribution in [2.45, 2.75) is 44.7 Å². The smallest absolute Gasteiger partial charge is 0.239 e. The van der Waals surface area contributed by atoms with Crippen molar-refractivity contribution in [3.05, 3.63) is 35.9 Å². The highest BCUT2D eigenvalue weighted by Crippen LogP contribution is 2.21. The molecule has 1 aromatic rings. The minimum Gasteiger partial charge on any atom is -0.351 e. The van der Waals surface area contributed by atoms with E-state index in [2.05, 4.69) is 10.2 Å². The summed E-state index contributed by atoms with van der Waals surface area (Å²) in [4.78, 5) is 29.1. The van der Waals surface area contributed by atoms with Gasteiger partial charge >= 0.3 is 0 Å². The number of carbonyl (C=O) groups excluding carboxylic acids is 2. The van der Waals surface area contributed by atoms with Gasteiger partial charge in [0.15, 0.2) is 0 Å². The third-order valence-electron chi connectivity index (χ3n) is 5.00. The molecule has 2 aliphatic heterocycles. The molecule has 130 valence electrons. The Morgan fingerprint density at radius 3 is 2.46 bits per heavy atom. The first-order valence-corrected chi connectivity index (χ1v) is 9.07. The lowest BCUT2D eigenvalue weighted by atomic mass is 10.0. The average Bonchev–Trinajstić information content (AvgIpc) is 3.15. The molecule has 3 rings (SSSR count). The maximum atomic E-state index is 12.7. The van der Waals surface area contributed by atoms with Crippen molar-refractivity contribution < 1.29 is 9.59 Å². The summed E-state index contributed by atoms with van der Waals surface area (Å²) < 4.78 is 0. The Morgan fingerprint density at radius 2 is 1.71 bits per heavy atom. The van der Waals surface area contributed by atoms with Crippen LogP contribution in [0.3, 0.4) is 0 Å². The fourth-order valence-electron chi connectivity index (χ4n) is 3.65. The second-order valence-electron chi connectivity index (χ2n) is 6.78. The maximum Gasteiger partial charge on any atom is 0.239 e. The Kier molecular flexibility index (Phi) is 5.86. The highest BCUT2D eigenvalue weighted by molar-refractivity contribution is 5.84. The molecule has 2 saturated heterocycles. The van der Waals surface area contributed by atoms with Gasteiger partial charge in [-0.2, -0.15) is 0 Å². The number of piperidine rings is 1. The zero-order valence-electron chi connectivity index (χ0n) is 14.2. The highest BCUT2D eigenvalue weighted by atomic mass is 16.2. The van der Waals surface area contributed by atoms with E-state index in [-0.39, 0.29) is 17.9 Å². The molecule has 0 aromatic heterocycles.